The van der Waals surface area contributed by atoms with Crippen LogP contribution in [-0.2, 0) is 16.0 Å². The van der Waals surface area contributed by atoms with Crippen LogP contribution in [0.2, 0.25) is 0 Å². The molecule has 2 aromatic rings. The quantitative estimate of drug-likeness (QED) is 0.541. The number of hydrogen-bond donors (Lipinski definition) is 2. The molecule has 2 rings (SSSR count). The molecule has 0 saturated heterocycles. The van der Waals surface area contributed by atoms with Crippen LogP contribution in [0.15, 0.2) is 54.6 Å². The monoisotopic (exact) mass is 382 g/mol. The molecular formula is C23H30N2O3. The molecule has 5 nitrogen and oxygen atoms in total. The minimum atomic E-state index is -0.589. The fraction of sp³-hybridized carbons (Fsp3) is 0.391. The molecule has 1 unspecified atom stereocenters. The highest BCUT2D eigenvalue weighted by Crippen LogP contribution is 2.38. The minimum Gasteiger partial charge on any atom is -0.399 e. The van der Waals surface area contributed by atoms with Gasteiger partial charge in [0.25, 0.3) is 0 Å². The number of carbonyl (C=O) groups excluding carboxylic acids is 2. The largest absolute Gasteiger partial charge is 0.399 e. The van der Waals surface area contributed by atoms with Gasteiger partial charge in [0.15, 0.2) is 0 Å². The van der Waals surface area contributed by atoms with Crippen LogP contribution in [0.4, 0.5) is 5.69 Å². The highest BCUT2D eigenvalue weighted by Gasteiger charge is 2.32. The minimum absolute atomic E-state index is 0.109. The topological polar surface area (TPSA) is 83.6 Å². The third-order valence-electron chi connectivity index (χ3n) is 5.06. The lowest BCUT2D eigenvalue weighted by molar-refractivity contribution is -0.142. The van der Waals surface area contributed by atoms with Crippen LogP contribution in [0, 0.1) is 5.41 Å². The molecule has 2 atom stereocenters. The van der Waals surface area contributed by atoms with Gasteiger partial charge in [-0.3, -0.25) is 14.5 Å². The van der Waals surface area contributed by atoms with Crippen LogP contribution in [0.1, 0.15) is 44.2 Å². The molecule has 0 saturated carbocycles. The predicted molar refractivity (Wildman–Crippen MR) is 112 cm³/mol. The molecule has 0 aliphatic carbocycles. The number of benzene rings is 2. The Morgan fingerprint density at radius 2 is 1.82 bits per heavy atom. The first-order valence-corrected chi connectivity index (χ1v) is 9.53. The van der Waals surface area contributed by atoms with Gasteiger partial charge < -0.3 is 10.8 Å². The number of carbonyl (C=O) groups is 2. The number of aliphatic hydroxyl groups is 1. The van der Waals surface area contributed by atoms with Crippen molar-refractivity contribution in [2.75, 3.05) is 12.3 Å². The second-order valence-corrected chi connectivity index (χ2v) is 8.23. The van der Waals surface area contributed by atoms with Gasteiger partial charge in [-0.15, -0.1) is 0 Å². The fourth-order valence-corrected chi connectivity index (χ4v) is 3.47. The summed E-state index contributed by atoms with van der Waals surface area (Å²) < 4.78 is 0. The fourth-order valence-electron chi connectivity index (χ4n) is 3.47. The lowest BCUT2D eigenvalue weighted by Crippen LogP contribution is -2.44. The van der Waals surface area contributed by atoms with E-state index in [1.807, 2.05) is 54.6 Å². The molecular weight excluding hydrogens is 352 g/mol. The Hall–Kier alpha value is -2.66. The van der Waals surface area contributed by atoms with Gasteiger partial charge in [0.1, 0.15) is 0 Å². The van der Waals surface area contributed by atoms with Crippen molar-refractivity contribution < 1.29 is 14.7 Å². The Kier molecular flexibility index (Phi) is 7.35. The van der Waals surface area contributed by atoms with E-state index in [9.17, 15) is 14.7 Å². The van der Waals surface area contributed by atoms with E-state index in [0.717, 1.165) is 16.0 Å². The highest BCUT2D eigenvalue weighted by molar-refractivity contribution is 5.87. The average Bonchev–Trinajstić information content (AvgIpc) is 2.65. The molecule has 2 aromatic carbocycles. The van der Waals surface area contributed by atoms with E-state index < -0.39 is 6.04 Å². The van der Waals surface area contributed by atoms with Gasteiger partial charge in [0, 0.05) is 12.1 Å². The van der Waals surface area contributed by atoms with Crippen molar-refractivity contribution >= 4 is 18.0 Å². The van der Waals surface area contributed by atoms with Crippen LogP contribution in [0.5, 0.6) is 0 Å². The number of nitrogens with zero attached hydrogens (tertiary/aromatic N) is 1. The third kappa shape index (κ3) is 5.67. The Morgan fingerprint density at radius 3 is 2.36 bits per heavy atom. The van der Waals surface area contributed by atoms with E-state index in [4.69, 9.17) is 5.73 Å². The normalized spacial score (nSPS) is 13.6. The van der Waals surface area contributed by atoms with Crippen molar-refractivity contribution in [2.24, 2.45) is 5.41 Å². The molecule has 0 aliphatic rings. The van der Waals surface area contributed by atoms with E-state index in [0.29, 0.717) is 18.5 Å². The Bertz CT molecular complexity index is 784. The summed E-state index contributed by atoms with van der Waals surface area (Å²) in [5, 5.41) is 9.82. The van der Waals surface area contributed by atoms with E-state index in [2.05, 4.69) is 20.8 Å². The molecule has 0 aliphatic heterocycles. The van der Waals surface area contributed by atoms with Crippen LogP contribution >= 0.6 is 0 Å². The summed E-state index contributed by atoms with van der Waals surface area (Å²) >= 11 is 0. The summed E-state index contributed by atoms with van der Waals surface area (Å²) in [5.41, 5.74) is 8.30. The zero-order valence-corrected chi connectivity index (χ0v) is 16.8. The first-order valence-electron chi connectivity index (χ1n) is 9.53. The summed E-state index contributed by atoms with van der Waals surface area (Å²) in [6.07, 6.45) is 1.11. The molecule has 28 heavy (non-hydrogen) atoms. The number of hydrogen-bond acceptors (Lipinski definition) is 4. The van der Waals surface area contributed by atoms with Crippen molar-refractivity contribution in [3.63, 3.8) is 0 Å². The van der Waals surface area contributed by atoms with Crippen LogP contribution in [-0.4, -0.2) is 35.0 Å². The van der Waals surface area contributed by atoms with E-state index in [1.54, 1.807) is 0 Å². The molecule has 0 aromatic heterocycles. The standard InChI is InChI=1S/C23H30N2O3/c1-23(2,3)21(18-10-7-11-19(24)13-18)14-22(28)25(16-27)20(15-26)12-17-8-5-4-6-9-17/h4-11,13,16,20-21,26H,12,14-15,24H2,1-3H3/t20?,21-/m0/s1. The van der Waals surface area contributed by atoms with Crippen molar-refractivity contribution in [3.05, 3.63) is 65.7 Å². The van der Waals surface area contributed by atoms with Crippen LogP contribution in [0.3, 0.4) is 0 Å². The molecule has 0 heterocycles. The molecule has 5 heteroatoms. The second kappa shape index (κ2) is 9.51. The average molecular weight is 383 g/mol. The van der Waals surface area contributed by atoms with Gasteiger partial charge in [-0.1, -0.05) is 63.2 Å². The van der Waals surface area contributed by atoms with Gasteiger partial charge in [0.2, 0.25) is 12.3 Å². The lowest BCUT2D eigenvalue weighted by Gasteiger charge is -2.33. The molecule has 0 radical (unpaired) electrons. The first-order chi connectivity index (χ1) is 13.3. The number of nitrogens with two attached hydrogens (primary N) is 1. The van der Waals surface area contributed by atoms with E-state index >= 15 is 0 Å². The summed E-state index contributed by atoms with van der Waals surface area (Å²) in [6.45, 7) is 5.91. The third-order valence-corrected chi connectivity index (χ3v) is 5.06. The molecule has 2 amide bonds. The maximum Gasteiger partial charge on any atom is 0.229 e. The van der Waals surface area contributed by atoms with Crippen LogP contribution in [0.25, 0.3) is 0 Å². The Morgan fingerprint density at radius 1 is 1.14 bits per heavy atom. The summed E-state index contributed by atoms with van der Waals surface area (Å²) in [5.74, 6) is -0.408. The first kappa shape index (κ1) is 21.6. The van der Waals surface area contributed by atoms with Crippen LogP contribution < -0.4 is 5.73 Å². The SMILES string of the molecule is CC(C)(C)[C@@H](CC(=O)N(C=O)C(CO)Cc1ccccc1)c1cccc(N)c1. The predicted octanol–water partition coefficient (Wildman–Crippen LogP) is 3.38. The van der Waals surface area contributed by atoms with Gasteiger partial charge in [-0.05, 0) is 41.0 Å². The Balaban J connectivity index is 2.22. The van der Waals surface area contributed by atoms with Crippen molar-refractivity contribution in [1.29, 1.82) is 0 Å². The summed E-state index contributed by atoms with van der Waals surface area (Å²) in [4.78, 5) is 25.9. The maximum atomic E-state index is 13.0. The zero-order chi connectivity index (χ0) is 20.7. The van der Waals surface area contributed by atoms with E-state index in [-0.39, 0.29) is 30.3 Å². The molecule has 0 fully saturated rings. The Labute approximate surface area is 167 Å². The smallest absolute Gasteiger partial charge is 0.229 e. The maximum absolute atomic E-state index is 13.0. The second-order valence-electron chi connectivity index (χ2n) is 8.23. The van der Waals surface area contributed by atoms with Gasteiger partial charge >= 0.3 is 0 Å². The molecule has 0 spiro atoms. The summed E-state index contributed by atoms with van der Waals surface area (Å²) in [7, 11) is 0. The number of imide groups is 1. The van der Waals surface area contributed by atoms with E-state index in [1.165, 1.54) is 0 Å². The highest BCUT2D eigenvalue weighted by atomic mass is 16.3. The van der Waals surface area contributed by atoms with Gasteiger partial charge in [-0.2, -0.15) is 0 Å². The number of anilines is 1. The van der Waals surface area contributed by atoms with Crippen molar-refractivity contribution in [3.8, 4) is 0 Å². The lowest BCUT2D eigenvalue weighted by atomic mass is 9.74. The molecule has 150 valence electrons. The van der Waals surface area contributed by atoms with Gasteiger partial charge in [-0.25, -0.2) is 0 Å². The van der Waals surface area contributed by atoms with Gasteiger partial charge in [0.05, 0.1) is 12.6 Å². The zero-order valence-electron chi connectivity index (χ0n) is 16.8. The summed E-state index contributed by atoms with van der Waals surface area (Å²) in [6, 6.07) is 16.5. The number of amides is 2. The molecule has 0 bridgehead atoms. The molecule has 3 N–H and O–H groups in total. The van der Waals surface area contributed by atoms with Crippen molar-refractivity contribution in [1.82, 2.24) is 4.90 Å². The number of rotatable bonds is 8. The number of nitrogen functional groups attached to an aromatic ring is 1. The van der Waals surface area contributed by atoms with Crippen molar-refractivity contribution in [2.45, 2.75) is 45.6 Å². The number of aliphatic hydroxyl groups excluding tert-OH is 1.